The molecule has 0 saturated heterocycles. The van der Waals surface area contributed by atoms with Gasteiger partial charge in [0.1, 0.15) is 12.4 Å². The van der Waals surface area contributed by atoms with E-state index in [1.807, 2.05) is 0 Å². The van der Waals surface area contributed by atoms with Crippen molar-refractivity contribution in [1.82, 2.24) is 4.98 Å². The molecule has 106 valence electrons. The van der Waals surface area contributed by atoms with Gasteiger partial charge >= 0.3 is 18.0 Å². The number of aromatic carboxylic acids is 1. The van der Waals surface area contributed by atoms with Crippen LogP contribution in [0.5, 0.6) is 5.75 Å². The molecule has 1 N–H and O–H groups in total. The summed E-state index contributed by atoms with van der Waals surface area (Å²) < 4.78 is 47.0. The van der Waals surface area contributed by atoms with E-state index >= 15 is 0 Å². The van der Waals surface area contributed by atoms with Gasteiger partial charge in [0.15, 0.2) is 5.76 Å². The Hall–Kier alpha value is -2.51. The van der Waals surface area contributed by atoms with Crippen LogP contribution in [0, 0.1) is 0 Å². The number of nitrogens with zero attached hydrogens (tertiary/aromatic N) is 1. The zero-order valence-electron chi connectivity index (χ0n) is 9.85. The highest BCUT2D eigenvalue weighted by Crippen LogP contribution is 2.30. The van der Waals surface area contributed by atoms with Crippen LogP contribution in [0.4, 0.5) is 13.2 Å². The van der Waals surface area contributed by atoms with Gasteiger partial charge < -0.3 is 14.3 Å². The van der Waals surface area contributed by atoms with E-state index in [-0.39, 0.29) is 18.1 Å². The van der Waals surface area contributed by atoms with Crippen molar-refractivity contribution >= 4 is 5.97 Å². The van der Waals surface area contributed by atoms with Crippen LogP contribution in [0.15, 0.2) is 34.9 Å². The molecular formula is C12H8F3NO4. The number of rotatable bonds is 4. The van der Waals surface area contributed by atoms with Crippen LogP contribution in [0.25, 0.3) is 0 Å². The summed E-state index contributed by atoms with van der Waals surface area (Å²) in [6.07, 6.45) is -3.23. The number of carboxylic acids is 1. The molecule has 0 aliphatic carbocycles. The summed E-state index contributed by atoms with van der Waals surface area (Å²) in [7, 11) is 0. The van der Waals surface area contributed by atoms with Gasteiger partial charge in [-0.05, 0) is 24.3 Å². The van der Waals surface area contributed by atoms with Crippen LogP contribution in [0.1, 0.15) is 22.0 Å². The lowest BCUT2D eigenvalue weighted by Crippen LogP contribution is -2.04. The van der Waals surface area contributed by atoms with Crippen LogP contribution in [-0.4, -0.2) is 16.1 Å². The average Bonchev–Trinajstić information content (AvgIpc) is 2.85. The molecule has 5 nitrogen and oxygen atoms in total. The molecule has 0 saturated carbocycles. The molecule has 1 aromatic heterocycles. The van der Waals surface area contributed by atoms with Gasteiger partial charge in [-0.25, -0.2) is 9.78 Å². The zero-order chi connectivity index (χ0) is 14.8. The summed E-state index contributed by atoms with van der Waals surface area (Å²) in [6.45, 7) is -0.133. The number of hydrogen-bond donors (Lipinski definition) is 1. The van der Waals surface area contributed by atoms with E-state index in [4.69, 9.17) is 14.3 Å². The lowest BCUT2D eigenvalue weighted by atomic mass is 10.2. The predicted octanol–water partition coefficient (Wildman–Crippen LogP) is 2.97. The molecule has 0 bridgehead atoms. The molecule has 1 heterocycles. The van der Waals surface area contributed by atoms with Crippen molar-refractivity contribution in [2.75, 3.05) is 0 Å². The summed E-state index contributed by atoms with van der Waals surface area (Å²) in [6, 6.07) is 4.10. The minimum atomic E-state index is -4.40. The third kappa shape index (κ3) is 3.28. The van der Waals surface area contributed by atoms with Crippen LogP contribution < -0.4 is 4.74 Å². The Kier molecular flexibility index (Phi) is 3.64. The maximum absolute atomic E-state index is 12.3. The zero-order valence-corrected chi connectivity index (χ0v) is 9.85. The number of halogens is 3. The van der Waals surface area contributed by atoms with E-state index < -0.39 is 23.6 Å². The summed E-state index contributed by atoms with van der Waals surface area (Å²) >= 11 is 0. The second-order valence-corrected chi connectivity index (χ2v) is 3.75. The Balaban J connectivity index is 1.98. The molecular weight excluding hydrogens is 279 g/mol. The standard InChI is InChI=1S/C12H8F3NO4/c13-12(14,15)7-1-3-8(4-2-7)19-6-9-5-16-10(20-9)11(17)18/h1-5H,6H2,(H,17,18). The summed E-state index contributed by atoms with van der Waals surface area (Å²) in [5, 5.41) is 8.59. The molecule has 0 aliphatic rings. The van der Waals surface area contributed by atoms with E-state index in [1.165, 1.54) is 6.20 Å². The number of ether oxygens (including phenoxy) is 1. The number of hydrogen-bond acceptors (Lipinski definition) is 4. The first-order valence-corrected chi connectivity index (χ1v) is 5.34. The van der Waals surface area contributed by atoms with Crippen LogP contribution in [0.3, 0.4) is 0 Å². The Morgan fingerprint density at radius 3 is 2.45 bits per heavy atom. The van der Waals surface area contributed by atoms with Gasteiger partial charge in [0.2, 0.25) is 0 Å². The molecule has 8 heteroatoms. The Bertz CT molecular complexity index is 604. The summed E-state index contributed by atoms with van der Waals surface area (Å²) in [5.74, 6) is -1.43. The topological polar surface area (TPSA) is 72.6 Å². The SMILES string of the molecule is O=C(O)c1ncc(COc2ccc(C(F)(F)F)cc2)o1. The molecule has 1 aromatic carbocycles. The number of aromatic nitrogens is 1. The van der Waals surface area contributed by atoms with Gasteiger partial charge in [-0.1, -0.05) is 0 Å². The van der Waals surface area contributed by atoms with Crippen molar-refractivity contribution in [3.63, 3.8) is 0 Å². The van der Waals surface area contributed by atoms with Gasteiger partial charge in [0.25, 0.3) is 0 Å². The minimum Gasteiger partial charge on any atom is -0.486 e. The van der Waals surface area contributed by atoms with Crippen LogP contribution in [-0.2, 0) is 12.8 Å². The van der Waals surface area contributed by atoms with E-state index in [0.29, 0.717) is 0 Å². The highest BCUT2D eigenvalue weighted by Gasteiger charge is 2.30. The molecule has 20 heavy (non-hydrogen) atoms. The number of benzene rings is 1. The number of carboxylic acid groups (broad SMARTS) is 1. The Morgan fingerprint density at radius 1 is 1.30 bits per heavy atom. The molecule has 0 aliphatic heterocycles. The molecule has 2 rings (SSSR count). The first kappa shape index (κ1) is 13.9. The molecule has 0 atom stereocenters. The normalized spacial score (nSPS) is 11.3. The first-order valence-electron chi connectivity index (χ1n) is 5.34. The molecule has 0 unspecified atom stereocenters. The maximum Gasteiger partial charge on any atom is 0.416 e. The molecule has 0 amide bonds. The maximum atomic E-state index is 12.3. The van der Waals surface area contributed by atoms with Crippen molar-refractivity contribution in [2.24, 2.45) is 0 Å². The monoisotopic (exact) mass is 287 g/mol. The quantitative estimate of drug-likeness (QED) is 0.935. The van der Waals surface area contributed by atoms with Gasteiger partial charge in [-0.3, -0.25) is 0 Å². The average molecular weight is 287 g/mol. The number of carbonyl (C=O) groups is 1. The van der Waals surface area contributed by atoms with Crippen molar-refractivity contribution in [3.8, 4) is 5.75 Å². The molecule has 0 radical (unpaired) electrons. The van der Waals surface area contributed by atoms with Gasteiger partial charge in [-0.15, -0.1) is 0 Å². The fraction of sp³-hybridized carbons (Fsp3) is 0.167. The lowest BCUT2D eigenvalue weighted by Gasteiger charge is -2.08. The second-order valence-electron chi connectivity index (χ2n) is 3.75. The minimum absolute atomic E-state index is 0.133. The highest BCUT2D eigenvalue weighted by atomic mass is 19.4. The second kappa shape index (κ2) is 5.24. The van der Waals surface area contributed by atoms with Gasteiger partial charge in [0.05, 0.1) is 11.8 Å². The molecule has 0 fully saturated rings. The predicted molar refractivity (Wildman–Crippen MR) is 59.2 cm³/mol. The third-order valence-corrected chi connectivity index (χ3v) is 2.30. The first-order chi connectivity index (χ1) is 9.36. The van der Waals surface area contributed by atoms with Crippen LogP contribution >= 0.6 is 0 Å². The van der Waals surface area contributed by atoms with E-state index in [0.717, 1.165) is 24.3 Å². The van der Waals surface area contributed by atoms with Gasteiger partial charge in [-0.2, -0.15) is 13.2 Å². The third-order valence-electron chi connectivity index (χ3n) is 2.30. The fourth-order valence-corrected chi connectivity index (χ4v) is 1.37. The largest absolute Gasteiger partial charge is 0.486 e. The van der Waals surface area contributed by atoms with Crippen molar-refractivity contribution in [2.45, 2.75) is 12.8 Å². The van der Waals surface area contributed by atoms with Crippen molar-refractivity contribution in [1.29, 1.82) is 0 Å². The van der Waals surface area contributed by atoms with E-state index in [1.54, 1.807) is 0 Å². The van der Waals surface area contributed by atoms with Crippen molar-refractivity contribution in [3.05, 3.63) is 47.7 Å². The van der Waals surface area contributed by atoms with E-state index in [2.05, 4.69) is 4.98 Å². The number of oxazole rings is 1. The summed E-state index contributed by atoms with van der Waals surface area (Å²) in [4.78, 5) is 14.0. The van der Waals surface area contributed by atoms with E-state index in [9.17, 15) is 18.0 Å². The molecule has 0 spiro atoms. The molecule has 2 aromatic rings. The van der Waals surface area contributed by atoms with Crippen molar-refractivity contribution < 1.29 is 32.2 Å². The Labute approximate surface area is 110 Å². The lowest BCUT2D eigenvalue weighted by molar-refractivity contribution is -0.137. The fourth-order valence-electron chi connectivity index (χ4n) is 1.37. The summed E-state index contributed by atoms with van der Waals surface area (Å²) in [5.41, 5.74) is -0.780. The highest BCUT2D eigenvalue weighted by molar-refractivity contribution is 5.81. The smallest absolute Gasteiger partial charge is 0.416 e. The van der Waals surface area contributed by atoms with Crippen LogP contribution in [0.2, 0.25) is 0 Å². The number of alkyl halides is 3. The Morgan fingerprint density at radius 2 is 1.95 bits per heavy atom. The van der Waals surface area contributed by atoms with Gasteiger partial charge in [0, 0.05) is 0 Å².